The molecule has 1 saturated carbocycles. The highest BCUT2D eigenvalue weighted by molar-refractivity contribution is 5.19. The molecule has 1 aromatic heterocycles. The van der Waals surface area contributed by atoms with E-state index in [0.29, 0.717) is 18.5 Å². The molecule has 102 valence electrons. The highest BCUT2D eigenvalue weighted by atomic mass is 16.5. The Kier molecular flexibility index (Phi) is 4.54. The van der Waals surface area contributed by atoms with E-state index >= 15 is 0 Å². The van der Waals surface area contributed by atoms with Crippen LogP contribution < -0.4 is 10.6 Å². The fourth-order valence-corrected chi connectivity index (χ4v) is 2.03. The first-order valence-electron chi connectivity index (χ1n) is 6.60. The number of rotatable bonds is 8. The van der Waals surface area contributed by atoms with Crippen LogP contribution in [0.5, 0.6) is 0 Å². The lowest BCUT2D eigenvalue weighted by atomic mass is 9.80. The lowest BCUT2D eigenvalue weighted by Crippen LogP contribution is -2.45. The molecule has 0 spiro atoms. The van der Waals surface area contributed by atoms with Crippen LogP contribution in [0.1, 0.15) is 38.5 Å². The summed E-state index contributed by atoms with van der Waals surface area (Å²) in [5.74, 6) is 0.617. The fourth-order valence-electron chi connectivity index (χ4n) is 2.03. The third-order valence-corrected chi connectivity index (χ3v) is 3.43. The summed E-state index contributed by atoms with van der Waals surface area (Å²) >= 11 is 0. The SMILES string of the molecule is CCCNCc1nnc(NCC2(OC)CCC2)o1. The highest BCUT2D eigenvalue weighted by Crippen LogP contribution is 2.34. The van der Waals surface area contributed by atoms with Crippen molar-refractivity contribution in [1.29, 1.82) is 0 Å². The van der Waals surface area contributed by atoms with Crippen LogP contribution >= 0.6 is 0 Å². The molecule has 0 radical (unpaired) electrons. The van der Waals surface area contributed by atoms with E-state index in [1.165, 1.54) is 6.42 Å². The number of ether oxygens (including phenoxy) is 1. The highest BCUT2D eigenvalue weighted by Gasteiger charge is 2.37. The molecule has 0 aliphatic heterocycles. The molecule has 2 N–H and O–H groups in total. The van der Waals surface area contributed by atoms with Gasteiger partial charge >= 0.3 is 6.01 Å². The Morgan fingerprint density at radius 2 is 2.22 bits per heavy atom. The minimum atomic E-state index is -0.0326. The minimum absolute atomic E-state index is 0.0326. The van der Waals surface area contributed by atoms with Gasteiger partial charge in [0.25, 0.3) is 0 Å². The quantitative estimate of drug-likeness (QED) is 0.686. The first-order valence-corrected chi connectivity index (χ1v) is 6.60. The van der Waals surface area contributed by atoms with Crippen LogP contribution in [0.15, 0.2) is 4.42 Å². The molecule has 0 unspecified atom stereocenters. The van der Waals surface area contributed by atoms with Crippen molar-refractivity contribution in [1.82, 2.24) is 15.5 Å². The van der Waals surface area contributed by atoms with E-state index in [9.17, 15) is 0 Å². The third-order valence-electron chi connectivity index (χ3n) is 3.43. The van der Waals surface area contributed by atoms with E-state index in [4.69, 9.17) is 9.15 Å². The van der Waals surface area contributed by atoms with Crippen molar-refractivity contribution in [2.45, 2.75) is 44.8 Å². The molecule has 0 atom stereocenters. The topological polar surface area (TPSA) is 72.2 Å². The van der Waals surface area contributed by atoms with Crippen molar-refractivity contribution >= 4 is 6.01 Å². The summed E-state index contributed by atoms with van der Waals surface area (Å²) in [6, 6.07) is 0.478. The lowest BCUT2D eigenvalue weighted by Gasteiger charge is -2.40. The average Bonchev–Trinajstić information content (AvgIpc) is 2.77. The van der Waals surface area contributed by atoms with E-state index in [2.05, 4.69) is 27.8 Å². The Morgan fingerprint density at radius 3 is 2.83 bits per heavy atom. The molecule has 0 amide bonds. The normalized spacial score (nSPS) is 17.4. The zero-order chi connectivity index (χ0) is 12.8. The maximum atomic E-state index is 5.52. The summed E-state index contributed by atoms with van der Waals surface area (Å²) in [6.45, 7) is 4.43. The summed E-state index contributed by atoms with van der Waals surface area (Å²) in [4.78, 5) is 0. The molecule has 1 aliphatic rings. The van der Waals surface area contributed by atoms with E-state index in [1.807, 2.05) is 0 Å². The Morgan fingerprint density at radius 1 is 1.39 bits per heavy atom. The number of nitrogens with one attached hydrogen (secondary N) is 2. The van der Waals surface area contributed by atoms with Gasteiger partial charge in [-0.25, -0.2) is 0 Å². The van der Waals surface area contributed by atoms with Gasteiger partial charge in [-0.3, -0.25) is 0 Å². The van der Waals surface area contributed by atoms with Crippen LogP contribution in [0, 0.1) is 0 Å². The van der Waals surface area contributed by atoms with Crippen molar-refractivity contribution in [3.05, 3.63) is 5.89 Å². The van der Waals surface area contributed by atoms with Crippen molar-refractivity contribution in [3.63, 3.8) is 0 Å². The standard InChI is InChI=1S/C12H22N4O2/c1-3-7-13-8-10-15-16-11(18-10)14-9-12(17-2)5-4-6-12/h13H,3-9H2,1-2H3,(H,14,16). The van der Waals surface area contributed by atoms with Gasteiger partial charge in [-0.05, 0) is 32.2 Å². The van der Waals surface area contributed by atoms with Gasteiger partial charge in [0, 0.05) is 13.7 Å². The van der Waals surface area contributed by atoms with Crippen molar-refractivity contribution in [3.8, 4) is 0 Å². The Labute approximate surface area is 107 Å². The van der Waals surface area contributed by atoms with Crippen LogP contribution in [0.25, 0.3) is 0 Å². The van der Waals surface area contributed by atoms with Gasteiger partial charge in [-0.1, -0.05) is 12.0 Å². The van der Waals surface area contributed by atoms with Crippen LogP contribution in [0.4, 0.5) is 6.01 Å². The number of hydrogen-bond donors (Lipinski definition) is 2. The predicted molar refractivity (Wildman–Crippen MR) is 68.4 cm³/mol. The van der Waals surface area contributed by atoms with Gasteiger partial charge in [-0.2, -0.15) is 0 Å². The number of methoxy groups -OCH3 is 1. The summed E-state index contributed by atoms with van der Waals surface area (Å²) in [7, 11) is 1.76. The summed E-state index contributed by atoms with van der Waals surface area (Å²) in [5, 5.41) is 14.3. The van der Waals surface area contributed by atoms with E-state index in [1.54, 1.807) is 7.11 Å². The van der Waals surface area contributed by atoms with Crippen LogP contribution in [-0.2, 0) is 11.3 Å². The Bertz CT molecular complexity index is 357. The predicted octanol–water partition coefficient (Wildman–Crippen LogP) is 1.55. The molecule has 2 rings (SSSR count). The first-order chi connectivity index (χ1) is 8.78. The lowest BCUT2D eigenvalue weighted by molar-refractivity contribution is -0.0604. The van der Waals surface area contributed by atoms with Gasteiger partial charge in [0.05, 0.1) is 12.1 Å². The maximum Gasteiger partial charge on any atom is 0.315 e. The molecule has 0 aromatic carbocycles. The largest absolute Gasteiger partial charge is 0.407 e. The van der Waals surface area contributed by atoms with E-state index in [0.717, 1.165) is 32.4 Å². The van der Waals surface area contributed by atoms with Crippen molar-refractivity contribution in [2.24, 2.45) is 0 Å². The van der Waals surface area contributed by atoms with Crippen molar-refractivity contribution < 1.29 is 9.15 Å². The van der Waals surface area contributed by atoms with Gasteiger partial charge in [0.2, 0.25) is 5.89 Å². The molecule has 0 saturated heterocycles. The molecule has 1 aliphatic carbocycles. The second-order valence-corrected chi connectivity index (χ2v) is 4.77. The summed E-state index contributed by atoms with van der Waals surface area (Å²) < 4.78 is 11.0. The molecule has 0 bridgehead atoms. The monoisotopic (exact) mass is 254 g/mol. The Hall–Kier alpha value is -1.14. The van der Waals surface area contributed by atoms with E-state index in [-0.39, 0.29) is 5.60 Å². The second kappa shape index (κ2) is 6.15. The second-order valence-electron chi connectivity index (χ2n) is 4.77. The molecule has 6 heteroatoms. The van der Waals surface area contributed by atoms with Crippen LogP contribution in [-0.4, -0.2) is 36.0 Å². The minimum Gasteiger partial charge on any atom is -0.407 e. The number of aromatic nitrogens is 2. The Balaban J connectivity index is 1.76. The maximum absolute atomic E-state index is 5.52. The van der Waals surface area contributed by atoms with Gasteiger partial charge in [0.1, 0.15) is 0 Å². The third kappa shape index (κ3) is 3.20. The molecular formula is C12H22N4O2. The summed E-state index contributed by atoms with van der Waals surface area (Å²) in [5.41, 5.74) is -0.0326. The molecule has 1 fully saturated rings. The molecule has 18 heavy (non-hydrogen) atoms. The molecule has 1 heterocycles. The zero-order valence-corrected chi connectivity index (χ0v) is 11.2. The number of nitrogens with zero attached hydrogens (tertiary/aromatic N) is 2. The fraction of sp³-hybridized carbons (Fsp3) is 0.833. The molecule has 1 aromatic rings. The van der Waals surface area contributed by atoms with Crippen LogP contribution in [0.2, 0.25) is 0 Å². The summed E-state index contributed by atoms with van der Waals surface area (Å²) in [6.07, 6.45) is 4.51. The van der Waals surface area contributed by atoms with Crippen LogP contribution in [0.3, 0.4) is 0 Å². The van der Waals surface area contributed by atoms with Gasteiger partial charge in [0.15, 0.2) is 0 Å². The zero-order valence-electron chi connectivity index (χ0n) is 11.2. The number of anilines is 1. The molecule has 6 nitrogen and oxygen atoms in total. The first kappa shape index (κ1) is 13.3. The average molecular weight is 254 g/mol. The van der Waals surface area contributed by atoms with E-state index < -0.39 is 0 Å². The van der Waals surface area contributed by atoms with Gasteiger partial charge < -0.3 is 19.8 Å². The smallest absolute Gasteiger partial charge is 0.315 e. The van der Waals surface area contributed by atoms with Crippen molar-refractivity contribution in [2.75, 3.05) is 25.5 Å². The van der Waals surface area contributed by atoms with Gasteiger partial charge in [-0.15, -0.1) is 5.10 Å². The number of hydrogen-bond acceptors (Lipinski definition) is 6. The molecular weight excluding hydrogens is 232 g/mol.